The summed E-state index contributed by atoms with van der Waals surface area (Å²) >= 11 is 0. The van der Waals surface area contributed by atoms with Crippen LogP contribution in [0.1, 0.15) is 5.56 Å². The first-order chi connectivity index (χ1) is 7.20. The standard InChI is InChI=1S/C11H8O4/c12-8-6-15-11(14)9(10(8)13)7-4-2-1-3-5-7/h1-5,13H,6H2. The van der Waals surface area contributed by atoms with Crippen molar-refractivity contribution in [3.05, 3.63) is 41.7 Å². The fourth-order valence-corrected chi connectivity index (χ4v) is 1.37. The highest BCUT2D eigenvalue weighted by atomic mass is 16.5. The second-order valence-corrected chi connectivity index (χ2v) is 3.09. The third-order valence-electron chi connectivity index (χ3n) is 2.10. The number of hydrogen-bond acceptors (Lipinski definition) is 4. The highest BCUT2D eigenvalue weighted by Gasteiger charge is 2.28. The van der Waals surface area contributed by atoms with Gasteiger partial charge in [-0.2, -0.15) is 0 Å². The number of esters is 1. The van der Waals surface area contributed by atoms with E-state index in [1.54, 1.807) is 30.3 Å². The van der Waals surface area contributed by atoms with Gasteiger partial charge in [-0.3, -0.25) is 4.79 Å². The van der Waals surface area contributed by atoms with Gasteiger partial charge in [0.1, 0.15) is 5.57 Å². The van der Waals surface area contributed by atoms with Crippen LogP contribution >= 0.6 is 0 Å². The molecular formula is C11H8O4. The van der Waals surface area contributed by atoms with Gasteiger partial charge in [-0.25, -0.2) is 4.79 Å². The van der Waals surface area contributed by atoms with Crippen molar-refractivity contribution >= 4 is 17.3 Å². The maximum atomic E-state index is 11.4. The lowest BCUT2D eigenvalue weighted by molar-refractivity contribution is -0.143. The van der Waals surface area contributed by atoms with E-state index in [4.69, 9.17) is 0 Å². The predicted molar refractivity (Wildman–Crippen MR) is 52.0 cm³/mol. The molecule has 0 fully saturated rings. The number of rotatable bonds is 1. The second-order valence-electron chi connectivity index (χ2n) is 3.09. The van der Waals surface area contributed by atoms with Crippen LogP contribution in [0.25, 0.3) is 5.57 Å². The summed E-state index contributed by atoms with van der Waals surface area (Å²) in [4.78, 5) is 22.5. The maximum absolute atomic E-state index is 11.4. The van der Waals surface area contributed by atoms with Gasteiger partial charge in [0.2, 0.25) is 5.78 Å². The molecule has 1 aliphatic rings. The van der Waals surface area contributed by atoms with Gasteiger partial charge >= 0.3 is 5.97 Å². The van der Waals surface area contributed by atoms with Gasteiger partial charge in [0.05, 0.1) is 0 Å². The van der Waals surface area contributed by atoms with E-state index in [9.17, 15) is 14.7 Å². The van der Waals surface area contributed by atoms with Crippen LogP contribution in [-0.2, 0) is 14.3 Å². The molecule has 1 N–H and O–H groups in total. The van der Waals surface area contributed by atoms with Crippen LogP contribution in [-0.4, -0.2) is 23.5 Å². The number of cyclic esters (lactones) is 1. The quantitative estimate of drug-likeness (QED) is 0.695. The molecule has 0 radical (unpaired) electrons. The molecular weight excluding hydrogens is 196 g/mol. The third kappa shape index (κ3) is 1.61. The Balaban J connectivity index is 2.55. The first-order valence-electron chi connectivity index (χ1n) is 4.39. The molecule has 0 bridgehead atoms. The Bertz CT molecular complexity index is 445. The number of aliphatic hydroxyl groups excluding tert-OH is 1. The number of ether oxygens (including phenoxy) is 1. The van der Waals surface area contributed by atoms with Gasteiger partial charge in [-0.1, -0.05) is 30.3 Å². The summed E-state index contributed by atoms with van der Waals surface area (Å²) < 4.78 is 4.62. The molecule has 0 saturated carbocycles. The molecule has 0 aromatic heterocycles. The Hall–Kier alpha value is -2.10. The van der Waals surface area contributed by atoms with Crippen molar-refractivity contribution < 1.29 is 19.4 Å². The van der Waals surface area contributed by atoms with Crippen molar-refractivity contribution in [3.63, 3.8) is 0 Å². The van der Waals surface area contributed by atoms with Crippen molar-refractivity contribution in [1.29, 1.82) is 0 Å². The van der Waals surface area contributed by atoms with E-state index < -0.39 is 17.5 Å². The average molecular weight is 204 g/mol. The zero-order valence-corrected chi connectivity index (χ0v) is 7.77. The van der Waals surface area contributed by atoms with Crippen LogP contribution in [0.5, 0.6) is 0 Å². The number of aliphatic hydroxyl groups is 1. The average Bonchev–Trinajstić information content (AvgIpc) is 2.26. The second kappa shape index (κ2) is 3.57. The normalized spacial score (nSPS) is 16.5. The monoisotopic (exact) mass is 204 g/mol. The number of ketones is 1. The first kappa shape index (κ1) is 9.45. The molecule has 0 atom stereocenters. The molecule has 0 spiro atoms. The van der Waals surface area contributed by atoms with Gasteiger partial charge in [-0.15, -0.1) is 0 Å². The molecule has 0 amide bonds. The third-order valence-corrected chi connectivity index (χ3v) is 2.10. The van der Waals surface area contributed by atoms with Gasteiger partial charge in [0, 0.05) is 0 Å². The molecule has 0 aliphatic carbocycles. The predicted octanol–water partition coefficient (Wildman–Crippen LogP) is 1.08. The Morgan fingerprint density at radius 1 is 1.13 bits per heavy atom. The minimum Gasteiger partial charge on any atom is -0.504 e. The molecule has 1 aromatic carbocycles. The largest absolute Gasteiger partial charge is 0.504 e. The van der Waals surface area contributed by atoms with E-state index in [1.807, 2.05) is 0 Å². The first-order valence-corrected chi connectivity index (χ1v) is 4.39. The lowest BCUT2D eigenvalue weighted by Gasteiger charge is -2.14. The lowest BCUT2D eigenvalue weighted by Crippen LogP contribution is -2.25. The highest BCUT2D eigenvalue weighted by Crippen LogP contribution is 2.22. The van der Waals surface area contributed by atoms with E-state index in [2.05, 4.69) is 4.74 Å². The summed E-state index contributed by atoms with van der Waals surface area (Å²) in [5.41, 5.74) is 0.417. The molecule has 1 heterocycles. The van der Waals surface area contributed by atoms with E-state index >= 15 is 0 Å². The lowest BCUT2D eigenvalue weighted by atomic mass is 10.0. The Morgan fingerprint density at radius 2 is 1.80 bits per heavy atom. The summed E-state index contributed by atoms with van der Waals surface area (Å²) in [6.45, 7) is -0.388. The summed E-state index contributed by atoms with van der Waals surface area (Å²) in [7, 11) is 0. The molecule has 0 saturated heterocycles. The smallest absolute Gasteiger partial charge is 0.343 e. The summed E-state index contributed by atoms with van der Waals surface area (Å²) in [5.74, 6) is -1.76. The van der Waals surface area contributed by atoms with E-state index in [0.29, 0.717) is 5.56 Å². The van der Waals surface area contributed by atoms with E-state index in [-0.39, 0.29) is 12.2 Å². The van der Waals surface area contributed by atoms with E-state index in [1.165, 1.54) is 0 Å². The van der Waals surface area contributed by atoms with Crippen LogP contribution in [0.15, 0.2) is 36.1 Å². The maximum Gasteiger partial charge on any atom is 0.343 e. The van der Waals surface area contributed by atoms with Crippen LogP contribution in [0.4, 0.5) is 0 Å². The fraction of sp³-hybridized carbons (Fsp3) is 0.0909. The van der Waals surface area contributed by atoms with Crippen molar-refractivity contribution in [3.8, 4) is 0 Å². The molecule has 4 heteroatoms. The number of hydrogen-bond donors (Lipinski definition) is 1. The molecule has 2 rings (SSSR count). The SMILES string of the molecule is O=C1COC(=O)C(c2ccccc2)=C1O. The minimum absolute atomic E-state index is 0.0631. The molecule has 0 unspecified atom stereocenters. The molecule has 4 nitrogen and oxygen atoms in total. The van der Waals surface area contributed by atoms with Gasteiger partial charge in [0.25, 0.3) is 0 Å². The highest BCUT2D eigenvalue weighted by molar-refractivity contribution is 6.25. The van der Waals surface area contributed by atoms with Crippen LogP contribution in [0, 0.1) is 0 Å². The molecule has 15 heavy (non-hydrogen) atoms. The fourth-order valence-electron chi connectivity index (χ4n) is 1.37. The van der Waals surface area contributed by atoms with Crippen LogP contribution in [0.3, 0.4) is 0 Å². The number of benzene rings is 1. The number of carbonyl (C=O) groups is 2. The molecule has 76 valence electrons. The Labute approximate surface area is 85.8 Å². The van der Waals surface area contributed by atoms with Gasteiger partial charge in [-0.05, 0) is 5.56 Å². The topological polar surface area (TPSA) is 63.6 Å². The van der Waals surface area contributed by atoms with Crippen molar-refractivity contribution in [2.75, 3.05) is 6.61 Å². The van der Waals surface area contributed by atoms with Crippen molar-refractivity contribution in [2.24, 2.45) is 0 Å². The van der Waals surface area contributed by atoms with Gasteiger partial charge in [0.15, 0.2) is 12.4 Å². The van der Waals surface area contributed by atoms with E-state index in [0.717, 1.165) is 0 Å². The summed E-state index contributed by atoms with van der Waals surface area (Å²) in [6.07, 6.45) is 0. The Kier molecular flexibility index (Phi) is 2.25. The summed E-state index contributed by atoms with van der Waals surface area (Å²) in [5, 5.41) is 9.49. The number of Topliss-reactive ketones (excluding diaryl/α,β-unsaturated/α-hetero) is 1. The number of carbonyl (C=O) groups excluding carboxylic acids is 2. The Morgan fingerprint density at radius 3 is 2.47 bits per heavy atom. The zero-order valence-electron chi connectivity index (χ0n) is 7.77. The zero-order chi connectivity index (χ0) is 10.8. The van der Waals surface area contributed by atoms with Gasteiger partial charge < -0.3 is 9.84 Å². The van der Waals surface area contributed by atoms with Crippen molar-refractivity contribution in [1.82, 2.24) is 0 Å². The molecule has 1 aromatic rings. The summed E-state index contributed by atoms with van der Waals surface area (Å²) in [6, 6.07) is 8.46. The van der Waals surface area contributed by atoms with Crippen molar-refractivity contribution in [2.45, 2.75) is 0 Å². The van der Waals surface area contributed by atoms with Crippen LogP contribution < -0.4 is 0 Å². The molecule has 1 aliphatic heterocycles. The van der Waals surface area contributed by atoms with Crippen LogP contribution in [0.2, 0.25) is 0 Å². The minimum atomic E-state index is -0.668.